The van der Waals surface area contributed by atoms with Gasteiger partial charge in [0.25, 0.3) is 0 Å². The number of H-pyrrole nitrogens is 1. The number of carbonyl (C=O) groups is 1. The van der Waals surface area contributed by atoms with Gasteiger partial charge in [0.1, 0.15) is 5.82 Å². The van der Waals surface area contributed by atoms with Crippen LogP contribution < -0.4 is 5.32 Å². The van der Waals surface area contributed by atoms with Gasteiger partial charge in [-0.3, -0.25) is 9.89 Å². The topological polar surface area (TPSA) is 70.7 Å². The molecule has 2 N–H and O–H groups in total. The van der Waals surface area contributed by atoms with Crippen molar-refractivity contribution in [1.29, 1.82) is 0 Å². The van der Waals surface area contributed by atoms with Crippen LogP contribution in [-0.2, 0) is 10.2 Å². The maximum absolute atomic E-state index is 11.2. The van der Waals surface area contributed by atoms with Gasteiger partial charge in [-0.15, -0.1) is 5.10 Å². The fraction of sp³-hybridized carbons (Fsp3) is 0.700. The summed E-state index contributed by atoms with van der Waals surface area (Å²) < 4.78 is 0. The van der Waals surface area contributed by atoms with Crippen molar-refractivity contribution < 1.29 is 4.79 Å². The minimum atomic E-state index is -0.0442. The van der Waals surface area contributed by atoms with E-state index in [1.807, 2.05) is 6.92 Å². The Morgan fingerprint density at radius 1 is 1.50 bits per heavy atom. The lowest BCUT2D eigenvalue weighted by atomic mass is 9.96. The first-order chi connectivity index (χ1) is 7.43. The maximum Gasteiger partial charge on any atom is 0.230 e. The number of hydrogen-bond donors (Lipinski definition) is 2. The summed E-state index contributed by atoms with van der Waals surface area (Å²) in [4.78, 5) is 15.6. The zero-order chi connectivity index (χ0) is 12.2. The van der Waals surface area contributed by atoms with Crippen molar-refractivity contribution in [2.75, 3.05) is 12.3 Å². The molecule has 0 unspecified atom stereocenters. The summed E-state index contributed by atoms with van der Waals surface area (Å²) in [5.74, 6) is 1.20. The molecule has 1 aromatic heterocycles. The van der Waals surface area contributed by atoms with Gasteiger partial charge in [-0.2, -0.15) is 0 Å². The molecule has 0 aromatic carbocycles. The number of aromatic nitrogens is 3. The lowest BCUT2D eigenvalue weighted by Gasteiger charge is -2.12. The Kier molecular flexibility index (Phi) is 4.35. The van der Waals surface area contributed by atoms with Crippen LogP contribution in [0.5, 0.6) is 0 Å². The number of rotatable bonds is 4. The van der Waals surface area contributed by atoms with Crippen molar-refractivity contribution in [2.24, 2.45) is 0 Å². The van der Waals surface area contributed by atoms with Crippen molar-refractivity contribution in [3.8, 4) is 0 Å². The first-order valence-corrected chi connectivity index (χ1v) is 6.24. The van der Waals surface area contributed by atoms with Crippen LogP contribution in [0, 0.1) is 0 Å². The fourth-order valence-electron chi connectivity index (χ4n) is 1.02. The van der Waals surface area contributed by atoms with Gasteiger partial charge in [-0.25, -0.2) is 4.98 Å². The van der Waals surface area contributed by atoms with E-state index < -0.39 is 0 Å². The Morgan fingerprint density at radius 2 is 2.19 bits per heavy atom. The van der Waals surface area contributed by atoms with E-state index in [9.17, 15) is 4.79 Å². The molecular weight excluding hydrogens is 224 g/mol. The van der Waals surface area contributed by atoms with Crippen LogP contribution in [0.4, 0.5) is 0 Å². The zero-order valence-electron chi connectivity index (χ0n) is 10.1. The van der Waals surface area contributed by atoms with Crippen LogP contribution in [-0.4, -0.2) is 33.4 Å². The Labute approximate surface area is 99.8 Å². The second kappa shape index (κ2) is 5.34. The molecule has 0 saturated heterocycles. The minimum absolute atomic E-state index is 0.00890. The standard InChI is InChI=1S/C10H18N4OS/c1-5-11-7(15)6-16-9-12-8(13-14-9)10(2,3)4/h5-6H2,1-4H3,(H,11,15)(H,12,13,14). The molecule has 0 fully saturated rings. The first-order valence-electron chi connectivity index (χ1n) is 5.26. The Hall–Kier alpha value is -1.04. The molecule has 1 heterocycles. The van der Waals surface area contributed by atoms with E-state index in [-0.39, 0.29) is 11.3 Å². The highest BCUT2D eigenvalue weighted by Gasteiger charge is 2.18. The van der Waals surface area contributed by atoms with Gasteiger partial charge in [0.05, 0.1) is 5.75 Å². The van der Waals surface area contributed by atoms with E-state index in [2.05, 4.69) is 41.3 Å². The van der Waals surface area contributed by atoms with Crippen LogP contribution in [0.2, 0.25) is 0 Å². The molecule has 0 aliphatic heterocycles. The summed E-state index contributed by atoms with van der Waals surface area (Å²) in [6.45, 7) is 8.73. The van der Waals surface area contributed by atoms with Gasteiger partial charge in [-0.05, 0) is 6.92 Å². The molecule has 1 aromatic rings. The number of nitrogens with zero attached hydrogens (tertiary/aromatic N) is 2. The lowest BCUT2D eigenvalue weighted by molar-refractivity contribution is -0.118. The van der Waals surface area contributed by atoms with Crippen molar-refractivity contribution >= 4 is 17.7 Å². The highest BCUT2D eigenvalue weighted by atomic mass is 32.2. The van der Waals surface area contributed by atoms with Gasteiger partial charge < -0.3 is 5.32 Å². The summed E-state index contributed by atoms with van der Waals surface area (Å²) in [5.41, 5.74) is -0.0442. The number of hydrogen-bond acceptors (Lipinski definition) is 4. The molecule has 1 amide bonds. The predicted molar refractivity (Wildman–Crippen MR) is 64.5 cm³/mol. The number of thioether (sulfide) groups is 1. The molecule has 0 aliphatic carbocycles. The second-order valence-corrected chi connectivity index (χ2v) is 5.40. The van der Waals surface area contributed by atoms with Crippen molar-refractivity contribution in [3.63, 3.8) is 0 Å². The largest absolute Gasteiger partial charge is 0.356 e. The van der Waals surface area contributed by atoms with Crippen LogP contribution in [0.3, 0.4) is 0 Å². The van der Waals surface area contributed by atoms with Crippen molar-refractivity contribution in [1.82, 2.24) is 20.5 Å². The SMILES string of the molecule is CCNC(=O)CSc1n[nH]c(C(C)(C)C)n1. The van der Waals surface area contributed by atoms with Gasteiger partial charge in [0.15, 0.2) is 0 Å². The summed E-state index contributed by atoms with van der Waals surface area (Å²) in [6.07, 6.45) is 0. The summed E-state index contributed by atoms with van der Waals surface area (Å²) in [6, 6.07) is 0. The van der Waals surface area contributed by atoms with Crippen molar-refractivity contribution in [3.05, 3.63) is 5.82 Å². The van der Waals surface area contributed by atoms with E-state index in [4.69, 9.17) is 0 Å². The third-order valence-electron chi connectivity index (χ3n) is 1.88. The molecular formula is C10H18N4OS. The monoisotopic (exact) mass is 242 g/mol. The second-order valence-electron chi connectivity index (χ2n) is 4.46. The van der Waals surface area contributed by atoms with E-state index in [1.54, 1.807) is 0 Å². The molecule has 90 valence electrons. The number of aromatic amines is 1. The van der Waals surface area contributed by atoms with E-state index >= 15 is 0 Å². The molecule has 6 heteroatoms. The lowest BCUT2D eigenvalue weighted by Crippen LogP contribution is -2.24. The normalized spacial score (nSPS) is 11.5. The van der Waals surface area contributed by atoms with Crippen LogP contribution >= 0.6 is 11.8 Å². The summed E-state index contributed by atoms with van der Waals surface area (Å²) in [5, 5.41) is 10.3. The highest BCUT2D eigenvalue weighted by Crippen LogP contribution is 2.20. The Morgan fingerprint density at radius 3 is 2.69 bits per heavy atom. The molecule has 0 radical (unpaired) electrons. The summed E-state index contributed by atoms with van der Waals surface area (Å²) >= 11 is 1.34. The van der Waals surface area contributed by atoms with Gasteiger partial charge in [0, 0.05) is 12.0 Å². The molecule has 0 saturated carbocycles. The average Bonchev–Trinajstić information content (AvgIpc) is 2.63. The molecule has 0 spiro atoms. The van der Waals surface area contributed by atoms with Crippen LogP contribution in [0.25, 0.3) is 0 Å². The number of carbonyl (C=O) groups excluding carboxylic acids is 1. The third-order valence-corrected chi connectivity index (χ3v) is 2.73. The minimum Gasteiger partial charge on any atom is -0.356 e. The van der Waals surface area contributed by atoms with E-state index in [0.717, 1.165) is 5.82 Å². The van der Waals surface area contributed by atoms with Gasteiger partial charge in [-0.1, -0.05) is 32.5 Å². The molecule has 16 heavy (non-hydrogen) atoms. The van der Waals surface area contributed by atoms with Crippen LogP contribution in [0.1, 0.15) is 33.5 Å². The molecule has 0 bridgehead atoms. The fourth-order valence-corrected chi connectivity index (χ4v) is 1.65. The zero-order valence-corrected chi connectivity index (χ0v) is 10.9. The smallest absolute Gasteiger partial charge is 0.230 e. The quantitative estimate of drug-likeness (QED) is 0.781. The predicted octanol–water partition coefficient (Wildman–Crippen LogP) is 1.33. The Bertz CT molecular complexity index is 356. The maximum atomic E-state index is 11.2. The number of nitrogens with one attached hydrogen (secondary N) is 2. The Balaban J connectivity index is 2.50. The molecule has 1 rings (SSSR count). The molecule has 5 nitrogen and oxygen atoms in total. The highest BCUT2D eigenvalue weighted by molar-refractivity contribution is 7.99. The summed E-state index contributed by atoms with van der Waals surface area (Å²) in [7, 11) is 0. The van der Waals surface area contributed by atoms with E-state index in [1.165, 1.54) is 11.8 Å². The number of amides is 1. The van der Waals surface area contributed by atoms with Crippen molar-refractivity contribution in [2.45, 2.75) is 38.3 Å². The van der Waals surface area contributed by atoms with Crippen LogP contribution in [0.15, 0.2) is 5.16 Å². The first kappa shape index (κ1) is 13.0. The van der Waals surface area contributed by atoms with Gasteiger partial charge in [0.2, 0.25) is 11.1 Å². The third kappa shape index (κ3) is 3.84. The average molecular weight is 242 g/mol. The molecule has 0 atom stereocenters. The van der Waals surface area contributed by atoms with E-state index in [0.29, 0.717) is 17.5 Å². The van der Waals surface area contributed by atoms with Gasteiger partial charge >= 0.3 is 0 Å². The molecule has 0 aliphatic rings.